The standard InChI is InChI=1S/C22H13F5N6O2.Pt/c1-21(2,16-8-4-6-14(29-16)19-30-20(32-31-19)22(25,26)27)15-7-3-5-13(28-15)11-9-10-12(23)18(17(11)24)33(34)35;/h3-8,10H,1-2H3;/q-2;+2. The second-order valence-corrected chi connectivity index (χ2v) is 7.83. The molecule has 188 valence electrons. The van der Waals surface area contributed by atoms with E-state index in [0.29, 0.717) is 17.5 Å². The molecule has 0 aliphatic carbocycles. The third-order valence-electron chi connectivity index (χ3n) is 5.15. The summed E-state index contributed by atoms with van der Waals surface area (Å²) >= 11 is 0. The van der Waals surface area contributed by atoms with E-state index in [9.17, 15) is 32.1 Å². The summed E-state index contributed by atoms with van der Waals surface area (Å²) in [7, 11) is 0. The van der Waals surface area contributed by atoms with Gasteiger partial charge in [-0.2, -0.15) is 13.2 Å². The maximum atomic E-state index is 14.7. The fraction of sp³-hybridized carbons (Fsp3) is 0.182. The molecule has 0 radical (unpaired) electrons. The predicted octanol–water partition coefficient (Wildman–Crippen LogP) is 4.89. The van der Waals surface area contributed by atoms with Gasteiger partial charge < -0.3 is 15.1 Å². The molecule has 0 saturated carbocycles. The van der Waals surface area contributed by atoms with E-state index in [1.807, 2.05) is 0 Å². The van der Waals surface area contributed by atoms with Crippen LogP contribution in [0, 0.1) is 27.8 Å². The van der Waals surface area contributed by atoms with Gasteiger partial charge in [0.2, 0.25) is 0 Å². The fourth-order valence-electron chi connectivity index (χ4n) is 3.27. The van der Waals surface area contributed by atoms with Crippen molar-refractivity contribution in [3.05, 3.63) is 87.5 Å². The van der Waals surface area contributed by atoms with Crippen LogP contribution in [-0.2, 0) is 32.7 Å². The predicted molar refractivity (Wildman–Crippen MR) is 111 cm³/mol. The van der Waals surface area contributed by atoms with Crippen molar-refractivity contribution < 1.29 is 47.9 Å². The van der Waals surface area contributed by atoms with Gasteiger partial charge in [0.1, 0.15) is 17.5 Å². The van der Waals surface area contributed by atoms with Crippen LogP contribution in [0.4, 0.5) is 27.6 Å². The minimum absolute atomic E-state index is 0. The van der Waals surface area contributed by atoms with Gasteiger partial charge >= 0.3 is 27.2 Å². The summed E-state index contributed by atoms with van der Waals surface area (Å²) < 4.78 is 66.9. The number of nitrogens with zero attached hydrogens (tertiary/aromatic N) is 6. The Morgan fingerprint density at radius 2 is 1.56 bits per heavy atom. The summed E-state index contributed by atoms with van der Waals surface area (Å²) in [5.74, 6) is -4.49. The largest absolute Gasteiger partial charge is 2.00 e. The summed E-state index contributed by atoms with van der Waals surface area (Å²) in [5, 5.41) is 17.5. The van der Waals surface area contributed by atoms with Crippen LogP contribution in [0.2, 0.25) is 0 Å². The Labute approximate surface area is 214 Å². The molecule has 0 N–H and O–H groups in total. The van der Waals surface area contributed by atoms with Crippen LogP contribution in [0.25, 0.3) is 22.8 Å². The Morgan fingerprint density at radius 3 is 2.11 bits per heavy atom. The number of pyridine rings is 2. The monoisotopic (exact) mass is 683 g/mol. The van der Waals surface area contributed by atoms with Crippen LogP contribution >= 0.6 is 0 Å². The molecular formula is C22H13F5N6O2Pt. The number of hydrogen-bond acceptors (Lipinski definition) is 6. The molecule has 36 heavy (non-hydrogen) atoms. The van der Waals surface area contributed by atoms with Crippen LogP contribution in [0.1, 0.15) is 31.1 Å². The zero-order valence-electron chi connectivity index (χ0n) is 18.2. The molecule has 4 rings (SSSR count). The number of aromatic nitrogens is 5. The molecule has 0 unspecified atom stereocenters. The van der Waals surface area contributed by atoms with Crippen LogP contribution in [0.3, 0.4) is 0 Å². The first kappa shape index (κ1) is 27.0. The molecular weight excluding hydrogens is 670 g/mol. The summed E-state index contributed by atoms with van der Waals surface area (Å²) in [5.41, 5.74) is -1.96. The van der Waals surface area contributed by atoms with E-state index >= 15 is 0 Å². The average molecular weight is 683 g/mol. The minimum Gasteiger partial charge on any atom is -0.413 e. The number of benzene rings is 1. The summed E-state index contributed by atoms with van der Waals surface area (Å²) in [6.45, 7) is 3.42. The van der Waals surface area contributed by atoms with Gasteiger partial charge in [-0.25, -0.2) is 0 Å². The normalized spacial score (nSPS) is 11.8. The number of hydrogen-bond donors (Lipinski definition) is 0. The second-order valence-electron chi connectivity index (χ2n) is 7.83. The molecule has 8 nitrogen and oxygen atoms in total. The van der Waals surface area contributed by atoms with Crippen molar-refractivity contribution in [3.8, 4) is 22.8 Å². The number of halogens is 5. The Morgan fingerprint density at radius 1 is 0.972 bits per heavy atom. The number of nitro groups is 1. The molecule has 4 aromatic rings. The van der Waals surface area contributed by atoms with E-state index in [2.05, 4.69) is 31.2 Å². The van der Waals surface area contributed by atoms with Crippen molar-refractivity contribution in [2.45, 2.75) is 25.4 Å². The van der Waals surface area contributed by atoms with Crippen molar-refractivity contribution >= 4 is 5.69 Å². The quantitative estimate of drug-likeness (QED) is 0.128. The summed E-state index contributed by atoms with van der Waals surface area (Å²) in [4.78, 5) is 22.0. The third-order valence-corrected chi connectivity index (χ3v) is 5.15. The molecule has 3 aromatic heterocycles. The van der Waals surface area contributed by atoms with E-state index in [0.717, 1.165) is 0 Å². The molecule has 0 fully saturated rings. The van der Waals surface area contributed by atoms with Crippen molar-refractivity contribution in [2.75, 3.05) is 0 Å². The van der Waals surface area contributed by atoms with Crippen molar-refractivity contribution in [3.63, 3.8) is 0 Å². The van der Waals surface area contributed by atoms with E-state index < -0.39 is 45.2 Å². The first-order valence-electron chi connectivity index (χ1n) is 9.84. The molecule has 0 aliphatic heterocycles. The van der Waals surface area contributed by atoms with Gasteiger partial charge in [0.25, 0.3) is 5.69 Å². The average Bonchev–Trinajstić information content (AvgIpc) is 3.30. The van der Waals surface area contributed by atoms with E-state index in [1.165, 1.54) is 18.2 Å². The van der Waals surface area contributed by atoms with Gasteiger partial charge in [-0.15, -0.1) is 12.1 Å². The van der Waals surface area contributed by atoms with Gasteiger partial charge in [-0.3, -0.25) is 29.0 Å². The number of alkyl halides is 3. The minimum atomic E-state index is -4.76. The van der Waals surface area contributed by atoms with Gasteiger partial charge in [-0.1, -0.05) is 23.8 Å². The van der Waals surface area contributed by atoms with Crippen LogP contribution in [0.15, 0.2) is 42.5 Å². The molecule has 0 aliphatic rings. The van der Waals surface area contributed by atoms with Gasteiger partial charge in [-0.05, 0) is 43.6 Å². The topological polar surface area (TPSA) is 109 Å². The van der Waals surface area contributed by atoms with Crippen molar-refractivity contribution in [1.29, 1.82) is 0 Å². The van der Waals surface area contributed by atoms with E-state index in [4.69, 9.17) is 0 Å². The first-order valence-corrected chi connectivity index (χ1v) is 9.84. The maximum Gasteiger partial charge on any atom is 2.00 e. The van der Waals surface area contributed by atoms with Gasteiger partial charge in [0.05, 0.1) is 11.4 Å². The Balaban J connectivity index is 0.00000361. The first-order chi connectivity index (χ1) is 16.4. The van der Waals surface area contributed by atoms with E-state index in [-0.39, 0.29) is 38.3 Å². The Hall–Kier alpha value is -3.60. The molecule has 0 atom stereocenters. The molecule has 0 spiro atoms. The van der Waals surface area contributed by atoms with Crippen LogP contribution in [-0.4, -0.2) is 25.0 Å². The zero-order valence-corrected chi connectivity index (χ0v) is 20.5. The molecule has 14 heteroatoms. The smallest absolute Gasteiger partial charge is 0.413 e. The van der Waals surface area contributed by atoms with Crippen LogP contribution < -0.4 is 5.10 Å². The maximum absolute atomic E-state index is 14.7. The molecule has 0 amide bonds. The van der Waals surface area contributed by atoms with Crippen molar-refractivity contribution in [2.24, 2.45) is 0 Å². The third kappa shape index (κ3) is 5.01. The Kier molecular flexibility index (Phi) is 7.35. The van der Waals surface area contributed by atoms with E-state index in [1.54, 1.807) is 32.0 Å². The Bertz CT molecular complexity index is 1440. The second kappa shape index (κ2) is 9.80. The summed E-state index contributed by atoms with van der Waals surface area (Å²) in [6, 6.07) is 12.0. The summed E-state index contributed by atoms with van der Waals surface area (Å²) in [6.07, 6.45) is -4.76. The molecule has 1 aromatic carbocycles. The van der Waals surface area contributed by atoms with Crippen LogP contribution in [0.5, 0.6) is 0 Å². The molecule has 0 bridgehead atoms. The number of rotatable bonds is 5. The van der Waals surface area contributed by atoms with Gasteiger partial charge in [0.15, 0.2) is 0 Å². The zero-order chi connectivity index (χ0) is 25.5. The number of nitro benzene ring substituents is 1. The fourth-order valence-corrected chi connectivity index (χ4v) is 3.27. The van der Waals surface area contributed by atoms with Crippen molar-refractivity contribution in [1.82, 2.24) is 25.1 Å². The molecule has 0 saturated heterocycles. The SMILES string of the molecule is CC(C)(c1cccc(-c2nc(C(F)(F)F)n[n-]2)n1)c1cccc(-c2[c-]cc(F)c([N+](=O)[O-])c2F)n1.[Pt+2]. The van der Waals surface area contributed by atoms with Gasteiger partial charge in [0, 0.05) is 16.0 Å². The molecule has 3 heterocycles.